The van der Waals surface area contributed by atoms with Gasteiger partial charge in [-0.25, -0.2) is 0 Å². The Morgan fingerprint density at radius 1 is 1.29 bits per heavy atom. The number of nitrogens with zero attached hydrogens (tertiary/aromatic N) is 4. The number of nitrogens with one attached hydrogen (secondary N) is 1. The molecule has 180 valence electrons. The van der Waals surface area contributed by atoms with E-state index in [-0.39, 0.29) is 11.8 Å². The number of anilines is 1. The molecule has 0 atom stereocenters. The molecular weight excluding hydrogens is 438 g/mol. The van der Waals surface area contributed by atoms with Crippen LogP contribution in [0.3, 0.4) is 0 Å². The van der Waals surface area contributed by atoms with E-state index in [9.17, 15) is 14.9 Å². The maximum atomic E-state index is 12.5. The van der Waals surface area contributed by atoms with E-state index in [2.05, 4.69) is 21.5 Å². The Bertz CT molecular complexity index is 1190. The first kappa shape index (κ1) is 24.8. The number of carbonyl (C=O) groups is 2. The van der Waals surface area contributed by atoms with E-state index in [0.29, 0.717) is 48.2 Å². The number of ether oxygens (including phenoxy) is 1. The van der Waals surface area contributed by atoms with Crippen LogP contribution in [-0.2, 0) is 32.7 Å². The van der Waals surface area contributed by atoms with E-state index in [4.69, 9.17) is 13.7 Å². The van der Waals surface area contributed by atoms with Crippen LogP contribution in [0, 0.1) is 25.2 Å². The van der Waals surface area contributed by atoms with Gasteiger partial charge in [0.2, 0.25) is 5.89 Å². The van der Waals surface area contributed by atoms with Gasteiger partial charge >= 0.3 is 5.97 Å². The monoisotopic (exact) mass is 467 g/mol. The summed E-state index contributed by atoms with van der Waals surface area (Å²) in [4.78, 5) is 28.9. The lowest BCUT2D eigenvalue weighted by atomic mass is 9.96. The summed E-state index contributed by atoms with van der Waals surface area (Å²) < 4.78 is 17.5. The van der Waals surface area contributed by atoms with E-state index in [1.54, 1.807) is 16.9 Å². The minimum absolute atomic E-state index is 0.108. The minimum Gasteiger partial charge on any atom is -0.467 e. The van der Waals surface area contributed by atoms with Crippen molar-refractivity contribution >= 4 is 17.7 Å². The average Bonchev–Trinajstić information content (AvgIpc) is 3.51. The topological polar surface area (TPSA) is 136 Å². The van der Waals surface area contributed by atoms with E-state index in [1.165, 1.54) is 0 Å². The molecule has 10 heteroatoms. The van der Waals surface area contributed by atoms with Crippen LogP contribution in [0.25, 0.3) is 0 Å². The van der Waals surface area contributed by atoms with Crippen LogP contribution in [0.2, 0.25) is 0 Å². The predicted octanol–water partition coefficient (Wildman–Crippen LogP) is 3.80. The molecule has 3 aromatic heterocycles. The predicted molar refractivity (Wildman–Crippen MR) is 122 cm³/mol. The van der Waals surface area contributed by atoms with Crippen molar-refractivity contribution in [2.75, 3.05) is 11.9 Å². The van der Waals surface area contributed by atoms with Crippen LogP contribution < -0.4 is 5.32 Å². The lowest BCUT2D eigenvalue weighted by molar-refractivity contribution is -0.147. The van der Waals surface area contributed by atoms with Crippen LogP contribution in [0.1, 0.15) is 67.9 Å². The largest absolute Gasteiger partial charge is 0.467 e. The lowest BCUT2D eigenvalue weighted by Crippen LogP contribution is -2.23. The fourth-order valence-corrected chi connectivity index (χ4v) is 3.32. The van der Waals surface area contributed by atoms with Gasteiger partial charge in [0.05, 0.1) is 18.4 Å². The van der Waals surface area contributed by atoms with Gasteiger partial charge in [-0.15, -0.1) is 0 Å². The maximum Gasteiger partial charge on any atom is 0.306 e. The zero-order chi connectivity index (χ0) is 24.9. The summed E-state index contributed by atoms with van der Waals surface area (Å²) in [5.41, 5.74) is 1.74. The second-order valence-corrected chi connectivity index (χ2v) is 9.04. The Kier molecular flexibility index (Phi) is 7.56. The van der Waals surface area contributed by atoms with E-state index in [0.717, 1.165) is 11.3 Å². The van der Waals surface area contributed by atoms with Gasteiger partial charge in [0.1, 0.15) is 17.6 Å². The SMILES string of the molecule is Cc1c(C#N)c(NC(=O)COC(=O)CCCc2nc(C(C)(C)C)no2)n(Cc2ccco2)c1C. The second kappa shape index (κ2) is 10.4. The summed E-state index contributed by atoms with van der Waals surface area (Å²) in [6.45, 7) is 9.53. The number of aryl methyl sites for hydroxylation is 1. The summed E-state index contributed by atoms with van der Waals surface area (Å²) in [5.74, 6) is 1.06. The Labute approximate surface area is 197 Å². The minimum atomic E-state index is -0.533. The second-order valence-electron chi connectivity index (χ2n) is 9.04. The van der Waals surface area contributed by atoms with Gasteiger partial charge in [0, 0.05) is 24.0 Å². The fourth-order valence-electron chi connectivity index (χ4n) is 3.32. The van der Waals surface area contributed by atoms with Crippen molar-refractivity contribution in [3.05, 3.63) is 52.7 Å². The number of carbonyl (C=O) groups excluding carboxylic acids is 2. The van der Waals surface area contributed by atoms with Crippen LogP contribution in [0.5, 0.6) is 0 Å². The third-order valence-corrected chi connectivity index (χ3v) is 5.37. The molecule has 0 spiro atoms. The Balaban J connectivity index is 1.52. The third-order valence-electron chi connectivity index (χ3n) is 5.37. The Morgan fingerprint density at radius 3 is 2.68 bits per heavy atom. The summed E-state index contributed by atoms with van der Waals surface area (Å²) in [6.07, 6.45) is 2.56. The van der Waals surface area contributed by atoms with Crippen molar-refractivity contribution in [2.24, 2.45) is 0 Å². The average molecular weight is 468 g/mol. The van der Waals surface area contributed by atoms with Crippen molar-refractivity contribution in [1.29, 1.82) is 5.26 Å². The highest BCUT2D eigenvalue weighted by molar-refractivity contribution is 5.93. The van der Waals surface area contributed by atoms with E-state index >= 15 is 0 Å². The van der Waals surface area contributed by atoms with Crippen molar-refractivity contribution in [1.82, 2.24) is 14.7 Å². The van der Waals surface area contributed by atoms with Gasteiger partial charge in [-0.3, -0.25) is 9.59 Å². The maximum absolute atomic E-state index is 12.5. The molecule has 0 aliphatic heterocycles. The molecular formula is C24H29N5O5. The standard InChI is InChI=1S/C24H29N5O5/c1-15-16(2)29(13-17-8-7-11-32-17)22(18(15)12-25)26-19(30)14-33-21(31)10-6-9-20-27-23(28-34-20)24(3,4)5/h7-8,11H,6,9-10,13-14H2,1-5H3,(H,26,30). The summed E-state index contributed by atoms with van der Waals surface area (Å²) in [6, 6.07) is 5.72. The molecule has 0 aliphatic rings. The number of rotatable bonds is 9. The number of amides is 1. The molecule has 0 fully saturated rings. The highest BCUT2D eigenvalue weighted by Gasteiger charge is 2.22. The number of aromatic nitrogens is 3. The molecule has 0 aliphatic carbocycles. The number of furan rings is 1. The molecule has 10 nitrogen and oxygen atoms in total. The molecule has 34 heavy (non-hydrogen) atoms. The first-order valence-electron chi connectivity index (χ1n) is 11.0. The molecule has 0 unspecified atom stereocenters. The van der Waals surface area contributed by atoms with Gasteiger partial charge in [0.15, 0.2) is 12.4 Å². The highest BCUT2D eigenvalue weighted by Crippen LogP contribution is 2.27. The third kappa shape index (κ3) is 5.92. The molecule has 0 saturated heterocycles. The van der Waals surface area contributed by atoms with Crippen LogP contribution in [0.4, 0.5) is 5.82 Å². The number of hydrogen-bond acceptors (Lipinski definition) is 8. The smallest absolute Gasteiger partial charge is 0.306 e. The van der Waals surface area contributed by atoms with Gasteiger partial charge in [0.25, 0.3) is 5.91 Å². The molecule has 3 rings (SSSR count). The molecule has 0 saturated carbocycles. The van der Waals surface area contributed by atoms with Gasteiger partial charge < -0.3 is 23.6 Å². The van der Waals surface area contributed by atoms with Crippen LogP contribution >= 0.6 is 0 Å². The molecule has 3 aromatic rings. The van der Waals surface area contributed by atoms with Gasteiger partial charge in [-0.1, -0.05) is 25.9 Å². The lowest BCUT2D eigenvalue weighted by Gasteiger charge is -2.12. The van der Waals surface area contributed by atoms with E-state index < -0.39 is 18.5 Å². The number of esters is 1. The quantitative estimate of drug-likeness (QED) is 0.469. The molecule has 0 bridgehead atoms. The summed E-state index contributed by atoms with van der Waals surface area (Å²) in [5, 5.41) is 16.2. The normalized spacial score (nSPS) is 11.3. The Morgan fingerprint density at radius 2 is 2.06 bits per heavy atom. The highest BCUT2D eigenvalue weighted by atomic mass is 16.5. The number of nitriles is 1. The zero-order valence-electron chi connectivity index (χ0n) is 20.1. The number of hydrogen-bond donors (Lipinski definition) is 1. The summed E-state index contributed by atoms with van der Waals surface area (Å²) in [7, 11) is 0. The Hall–Kier alpha value is -3.87. The van der Waals surface area contributed by atoms with Crippen molar-refractivity contribution in [2.45, 2.75) is 65.8 Å². The fraction of sp³-hybridized carbons (Fsp3) is 0.458. The van der Waals surface area contributed by atoms with Gasteiger partial charge in [-0.2, -0.15) is 10.2 Å². The van der Waals surface area contributed by atoms with E-state index in [1.807, 2.05) is 40.7 Å². The van der Waals surface area contributed by atoms with Crippen molar-refractivity contribution in [3.8, 4) is 6.07 Å². The van der Waals surface area contributed by atoms with Gasteiger partial charge in [-0.05, 0) is 38.0 Å². The van der Waals surface area contributed by atoms with Crippen LogP contribution in [-0.4, -0.2) is 33.2 Å². The zero-order valence-corrected chi connectivity index (χ0v) is 20.1. The van der Waals surface area contributed by atoms with Crippen molar-refractivity contribution in [3.63, 3.8) is 0 Å². The van der Waals surface area contributed by atoms with Crippen LogP contribution in [0.15, 0.2) is 27.3 Å². The molecule has 1 amide bonds. The molecule has 0 radical (unpaired) electrons. The first-order chi connectivity index (χ1) is 16.1. The molecule has 3 heterocycles. The first-order valence-corrected chi connectivity index (χ1v) is 11.0. The molecule has 1 N–H and O–H groups in total. The molecule has 0 aromatic carbocycles. The van der Waals surface area contributed by atoms with Crippen molar-refractivity contribution < 1.29 is 23.3 Å². The summed E-state index contributed by atoms with van der Waals surface area (Å²) >= 11 is 0.